The molecule has 0 saturated carbocycles. The van der Waals surface area contributed by atoms with E-state index in [9.17, 15) is 14.4 Å². The second kappa shape index (κ2) is 10.9. The Morgan fingerprint density at radius 1 is 0.909 bits per heavy atom. The lowest BCUT2D eigenvalue weighted by molar-refractivity contribution is -0.153. The number of nitrogens with one attached hydrogen (secondary N) is 2. The zero-order valence-electron chi connectivity index (χ0n) is 18.8. The van der Waals surface area contributed by atoms with Crippen LogP contribution in [-0.4, -0.2) is 31.4 Å². The summed E-state index contributed by atoms with van der Waals surface area (Å²) < 4.78 is 10.6. The van der Waals surface area contributed by atoms with E-state index in [1.807, 2.05) is 32.0 Å². The number of benzene rings is 3. The third-order valence-corrected chi connectivity index (χ3v) is 4.97. The van der Waals surface area contributed by atoms with Crippen LogP contribution in [0, 0.1) is 13.8 Å². The lowest BCUT2D eigenvalue weighted by atomic mass is 10.1. The largest absolute Gasteiger partial charge is 0.497 e. The van der Waals surface area contributed by atoms with Crippen molar-refractivity contribution in [1.82, 2.24) is 5.32 Å². The van der Waals surface area contributed by atoms with Crippen LogP contribution in [0.3, 0.4) is 0 Å². The smallest absolute Gasteiger partial charge is 0.326 e. The fourth-order valence-corrected chi connectivity index (χ4v) is 3.16. The normalized spacial score (nSPS) is 11.2. The molecule has 7 heteroatoms. The Bertz CT molecular complexity index is 1140. The standard InChI is InChI=1S/C26H26N2O5/c1-17-12-13-18(2)22(14-17)28-26(31)24(19-8-5-4-6-9-19)33-23(29)16-27-25(30)20-10-7-11-21(15-20)32-3/h4-15,24H,16H2,1-3H3,(H,27,30)(H,28,31). The van der Waals surface area contributed by atoms with Crippen molar-refractivity contribution in [3.63, 3.8) is 0 Å². The molecule has 0 radical (unpaired) electrons. The fraction of sp³-hybridized carbons (Fsp3) is 0.192. The van der Waals surface area contributed by atoms with Gasteiger partial charge in [0.1, 0.15) is 12.3 Å². The van der Waals surface area contributed by atoms with Gasteiger partial charge >= 0.3 is 5.97 Å². The Morgan fingerprint density at radius 2 is 1.67 bits per heavy atom. The molecule has 2 N–H and O–H groups in total. The number of hydrogen-bond acceptors (Lipinski definition) is 5. The number of carbonyl (C=O) groups is 3. The fourth-order valence-electron chi connectivity index (χ4n) is 3.16. The quantitative estimate of drug-likeness (QED) is 0.511. The van der Waals surface area contributed by atoms with Gasteiger partial charge in [0.2, 0.25) is 6.10 Å². The first-order chi connectivity index (χ1) is 15.9. The van der Waals surface area contributed by atoms with Gasteiger partial charge in [0, 0.05) is 16.8 Å². The van der Waals surface area contributed by atoms with E-state index in [-0.39, 0.29) is 0 Å². The van der Waals surface area contributed by atoms with E-state index < -0.39 is 30.4 Å². The Hall–Kier alpha value is -4.13. The molecular formula is C26H26N2O5. The first-order valence-electron chi connectivity index (χ1n) is 10.4. The maximum absolute atomic E-state index is 13.1. The highest BCUT2D eigenvalue weighted by atomic mass is 16.5. The van der Waals surface area contributed by atoms with Crippen LogP contribution in [0.2, 0.25) is 0 Å². The van der Waals surface area contributed by atoms with Crippen LogP contribution in [0.15, 0.2) is 72.8 Å². The molecule has 0 heterocycles. The molecule has 33 heavy (non-hydrogen) atoms. The van der Waals surface area contributed by atoms with Crippen LogP contribution >= 0.6 is 0 Å². The molecule has 0 bridgehead atoms. The molecule has 3 aromatic carbocycles. The van der Waals surface area contributed by atoms with E-state index in [4.69, 9.17) is 9.47 Å². The lowest BCUT2D eigenvalue weighted by Crippen LogP contribution is -2.33. The molecule has 170 valence electrons. The highest BCUT2D eigenvalue weighted by molar-refractivity contribution is 5.98. The van der Waals surface area contributed by atoms with Crippen molar-refractivity contribution in [2.75, 3.05) is 19.0 Å². The molecule has 1 atom stereocenters. The average molecular weight is 447 g/mol. The number of methoxy groups -OCH3 is 1. The summed E-state index contributed by atoms with van der Waals surface area (Å²) >= 11 is 0. The summed E-state index contributed by atoms with van der Waals surface area (Å²) in [6.45, 7) is 3.41. The van der Waals surface area contributed by atoms with Crippen molar-refractivity contribution in [2.24, 2.45) is 0 Å². The molecule has 2 amide bonds. The summed E-state index contributed by atoms with van der Waals surface area (Å²) in [7, 11) is 1.50. The molecule has 0 fully saturated rings. The summed E-state index contributed by atoms with van der Waals surface area (Å²) in [5.41, 5.74) is 3.38. The molecule has 0 aliphatic carbocycles. The van der Waals surface area contributed by atoms with Crippen molar-refractivity contribution in [1.29, 1.82) is 0 Å². The second-order valence-electron chi connectivity index (χ2n) is 7.50. The van der Waals surface area contributed by atoms with Gasteiger partial charge in [0.25, 0.3) is 11.8 Å². The highest BCUT2D eigenvalue weighted by Crippen LogP contribution is 2.23. The number of amides is 2. The van der Waals surface area contributed by atoms with E-state index in [0.29, 0.717) is 22.6 Å². The Kier molecular flexibility index (Phi) is 7.81. The van der Waals surface area contributed by atoms with Crippen LogP contribution in [0.5, 0.6) is 5.75 Å². The van der Waals surface area contributed by atoms with Gasteiger partial charge in [-0.1, -0.05) is 48.5 Å². The summed E-state index contributed by atoms with van der Waals surface area (Å²) in [4.78, 5) is 37.9. The maximum atomic E-state index is 13.1. The van der Waals surface area contributed by atoms with Crippen molar-refractivity contribution >= 4 is 23.5 Å². The minimum Gasteiger partial charge on any atom is -0.497 e. The SMILES string of the molecule is COc1cccc(C(=O)NCC(=O)OC(C(=O)Nc2cc(C)ccc2C)c2ccccc2)c1. The van der Waals surface area contributed by atoms with Crippen LogP contribution in [0.4, 0.5) is 5.69 Å². The van der Waals surface area contributed by atoms with Crippen molar-refractivity contribution in [2.45, 2.75) is 20.0 Å². The molecule has 7 nitrogen and oxygen atoms in total. The van der Waals surface area contributed by atoms with E-state index >= 15 is 0 Å². The number of rotatable bonds is 8. The number of anilines is 1. The van der Waals surface area contributed by atoms with E-state index in [1.165, 1.54) is 7.11 Å². The van der Waals surface area contributed by atoms with Crippen LogP contribution < -0.4 is 15.4 Å². The summed E-state index contributed by atoms with van der Waals surface area (Å²) in [5.74, 6) is -1.15. The minimum absolute atomic E-state index is 0.342. The highest BCUT2D eigenvalue weighted by Gasteiger charge is 2.26. The zero-order valence-corrected chi connectivity index (χ0v) is 18.8. The third kappa shape index (κ3) is 6.43. The van der Waals surface area contributed by atoms with Crippen molar-refractivity contribution < 1.29 is 23.9 Å². The van der Waals surface area contributed by atoms with Crippen molar-refractivity contribution in [3.8, 4) is 5.75 Å². The molecule has 0 aliphatic heterocycles. The first kappa shape index (κ1) is 23.5. The van der Waals surface area contributed by atoms with E-state index in [0.717, 1.165) is 11.1 Å². The molecule has 3 aromatic rings. The Labute approximate surface area is 192 Å². The van der Waals surface area contributed by atoms with Gasteiger partial charge in [-0.05, 0) is 49.2 Å². The maximum Gasteiger partial charge on any atom is 0.326 e. The van der Waals surface area contributed by atoms with Gasteiger partial charge in [-0.2, -0.15) is 0 Å². The Morgan fingerprint density at radius 3 is 2.39 bits per heavy atom. The Balaban J connectivity index is 1.69. The monoisotopic (exact) mass is 446 g/mol. The average Bonchev–Trinajstić information content (AvgIpc) is 2.83. The second-order valence-corrected chi connectivity index (χ2v) is 7.50. The van der Waals surface area contributed by atoms with Crippen LogP contribution in [0.1, 0.15) is 33.2 Å². The molecule has 3 rings (SSSR count). The van der Waals surface area contributed by atoms with Crippen LogP contribution in [-0.2, 0) is 14.3 Å². The third-order valence-electron chi connectivity index (χ3n) is 4.97. The summed E-state index contributed by atoms with van der Waals surface area (Å²) in [6.07, 6.45) is -1.17. The van der Waals surface area contributed by atoms with Gasteiger partial charge in [0.15, 0.2) is 0 Å². The number of ether oxygens (including phenoxy) is 2. The topological polar surface area (TPSA) is 93.7 Å². The van der Waals surface area contributed by atoms with E-state index in [1.54, 1.807) is 54.6 Å². The van der Waals surface area contributed by atoms with E-state index in [2.05, 4.69) is 10.6 Å². The predicted octanol–water partition coefficient (Wildman–Crippen LogP) is 3.97. The van der Waals surface area contributed by atoms with Gasteiger partial charge in [-0.3, -0.25) is 14.4 Å². The van der Waals surface area contributed by atoms with Gasteiger partial charge in [-0.25, -0.2) is 0 Å². The predicted molar refractivity (Wildman–Crippen MR) is 125 cm³/mol. The van der Waals surface area contributed by atoms with Crippen LogP contribution in [0.25, 0.3) is 0 Å². The van der Waals surface area contributed by atoms with Gasteiger partial charge < -0.3 is 20.1 Å². The number of aryl methyl sites for hydroxylation is 2. The lowest BCUT2D eigenvalue weighted by Gasteiger charge is -2.19. The first-order valence-corrected chi connectivity index (χ1v) is 10.4. The molecule has 0 spiro atoms. The zero-order chi connectivity index (χ0) is 23.8. The minimum atomic E-state index is -1.17. The summed E-state index contributed by atoms with van der Waals surface area (Å²) in [5, 5.41) is 5.35. The number of esters is 1. The van der Waals surface area contributed by atoms with Crippen molar-refractivity contribution in [3.05, 3.63) is 95.1 Å². The number of carbonyl (C=O) groups excluding carboxylic acids is 3. The van der Waals surface area contributed by atoms with Gasteiger partial charge in [-0.15, -0.1) is 0 Å². The van der Waals surface area contributed by atoms with Gasteiger partial charge in [0.05, 0.1) is 7.11 Å². The molecular weight excluding hydrogens is 420 g/mol. The number of hydrogen-bond donors (Lipinski definition) is 2. The summed E-state index contributed by atoms with van der Waals surface area (Å²) in [6, 6.07) is 21.0. The molecule has 0 saturated heterocycles. The molecule has 0 aliphatic rings. The molecule has 1 unspecified atom stereocenters. The molecule has 0 aromatic heterocycles.